The highest BCUT2D eigenvalue weighted by Crippen LogP contribution is 2.29. The molecule has 1 N–H and O–H groups in total. The molecule has 0 saturated heterocycles. The second-order valence-electron chi connectivity index (χ2n) is 5.98. The fourth-order valence-electron chi connectivity index (χ4n) is 2.70. The van der Waals surface area contributed by atoms with Gasteiger partial charge in [-0.1, -0.05) is 12.1 Å². The van der Waals surface area contributed by atoms with E-state index >= 15 is 0 Å². The van der Waals surface area contributed by atoms with Gasteiger partial charge >= 0.3 is 0 Å². The fraction of sp³-hybridized carbons (Fsp3) is 0.412. The highest BCUT2D eigenvalue weighted by molar-refractivity contribution is 7.15. The van der Waals surface area contributed by atoms with E-state index in [0.29, 0.717) is 5.56 Å². The van der Waals surface area contributed by atoms with Crippen molar-refractivity contribution in [3.05, 3.63) is 46.0 Å². The molecule has 116 valence electrons. The number of aromatic nitrogens is 1. The number of anilines is 1. The van der Waals surface area contributed by atoms with Crippen molar-refractivity contribution in [1.82, 2.24) is 9.88 Å². The van der Waals surface area contributed by atoms with Gasteiger partial charge in [0.15, 0.2) is 5.13 Å². The molecule has 1 amide bonds. The first-order valence-electron chi connectivity index (χ1n) is 7.65. The Hall–Kier alpha value is -1.72. The van der Waals surface area contributed by atoms with Crippen LogP contribution in [0.5, 0.6) is 0 Å². The van der Waals surface area contributed by atoms with Gasteiger partial charge in [0.25, 0.3) is 5.91 Å². The minimum absolute atomic E-state index is 0.0810. The number of hydrogen-bond acceptors (Lipinski definition) is 4. The maximum Gasteiger partial charge on any atom is 0.257 e. The monoisotopic (exact) mass is 315 g/mol. The summed E-state index contributed by atoms with van der Waals surface area (Å²) in [6.45, 7) is 0.876. The van der Waals surface area contributed by atoms with E-state index in [0.717, 1.165) is 24.5 Å². The predicted octanol–water partition coefficient (Wildman–Crippen LogP) is 3.34. The Kier molecular flexibility index (Phi) is 4.55. The summed E-state index contributed by atoms with van der Waals surface area (Å²) in [5.74, 6) is -0.0810. The van der Waals surface area contributed by atoms with Crippen molar-refractivity contribution >= 4 is 22.4 Å². The number of carbonyl (C=O) groups excluding carboxylic acids is 1. The van der Waals surface area contributed by atoms with Crippen LogP contribution in [0.4, 0.5) is 5.13 Å². The molecule has 1 aromatic heterocycles. The van der Waals surface area contributed by atoms with Crippen molar-refractivity contribution in [2.24, 2.45) is 0 Å². The van der Waals surface area contributed by atoms with Gasteiger partial charge in [0.1, 0.15) is 0 Å². The van der Waals surface area contributed by atoms with Crippen LogP contribution in [0.1, 0.15) is 39.3 Å². The van der Waals surface area contributed by atoms with Crippen LogP contribution in [0.15, 0.2) is 24.3 Å². The number of aryl methyl sites for hydroxylation is 2. The number of benzene rings is 1. The molecule has 5 heteroatoms. The van der Waals surface area contributed by atoms with Gasteiger partial charge in [0.05, 0.1) is 5.69 Å². The molecule has 0 aliphatic heterocycles. The average molecular weight is 315 g/mol. The Morgan fingerprint density at radius 3 is 2.64 bits per heavy atom. The number of amides is 1. The van der Waals surface area contributed by atoms with Crippen LogP contribution in [0.3, 0.4) is 0 Å². The Morgan fingerprint density at radius 2 is 1.95 bits per heavy atom. The summed E-state index contributed by atoms with van der Waals surface area (Å²) in [6, 6.07) is 7.76. The van der Waals surface area contributed by atoms with E-state index in [2.05, 4.69) is 15.2 Å². The van der Waals surface area contributed by atoms with Crippen LogP contribution >= 0.6 is 11.3 Å². The van der Waals surface area contributed by atoms with Crippen molar-refractivity contribution in [2.45, 2.75) is 32.2 Å². The van der Waals surface area contributed by atoms with Gasteiger partial charge < -0.3 is 4.90 Å². The SMILES string of the molecule is CN(C)Cc1ccc(C(=O)Nc2nc3c(s2)CCCC3)cc1. The molecule has 4 nitrogen and oxygen atoms in total. The maximum absolute atomic E-state index is 12.3. The molecule has 22 heavy (non-hydrogen) atoms. The van der Waals surface area contributed by atoms with Crippen LogP contribution in [-0.4, -0.2) is 29.9 Å². The molecule has 0 spiro atoms. The largest absolute Gasteiger partial charge is 0.305 e. The summed E-state index contributed by atoms with van der Waals surface area (Å²) < 4.78 is 0. The Morgan fingerprint density at radius 1 is 1.23 bits per heavy atom. The number of carbonyl (C=O) groups is 1. The summed E-state index contributed by atoms with van der Waals surface area (Å²) in [6.07, 6.45) is 4.58. The number of thiazole rings is 1. The molecule has 1 aromatic carbocycles. The van der Waals surface area contributed by atoms with E-state index in [1.807, 2.05) is 38.4 Å². The zero-order valence-corrected chi connectivity index (χ0v) is 13.9. The molecule has 0 fully saturated rings. The molecule has 2 aromatic rings. The van der Waals surface area contributed by atoms with Gasteiger partial charge in [-0.15, -0.1) is 11.3 Å². The third kappa shape index (κ3) is 3.54. The summed E-state index contributed by atoms with van der Waals surface area (Å²) in [5, 5.41) is 3.66. The number of nitrogens with one attached hydrogen (secondary N) is 1. The van der Waals surface area contributed by atoms with Gasteiger partial charge in [0, 0.05) is 17.0 Å². The average Bonchev–Trinajstić information content (AvgIpc) is 2.89. The summed E-state index contributed by atoms with van der Waals surface area (Å²) in [4.78, 5) is 20.3. The van der Waals surface area contributed by atoms with Crippen LogP contribution in [0, 0.1) is 0 Å². The zero-order chi connectivity index (χ0) is 15.5. The normalized spacial score (nSPS) is 14.0. The number of hydrogen-bond donors (Lipinski definition) is 1. The van der Waals surface area contributed by atoms with E-state index in [9.17, 15) is 4.79 Å². The first kappa shape index (κ1) is 15.2. The minimum atomic E-state index is -0.0810. The van der Waals surface area contributed by atoms with Crippen LogP contribution in [-0.2, 0) is 19.4 Å². The predicted molar refractivity (Wildman–Crippen MR) is 90.5 cm³/mol. The quantitative estimate of drug-likeness (QED) is 0.941. The third-order valence-corrected chi connectivity index (χ3v) is 4.85. The molecule has 0 bridgehead atoms. The minimum Gasteiger partial charge on any atom is -0.305 e. The maximum atomic E-state index is 12.3. The van der Waals surface area contributed by atoms with E-state index < -0.39 is 0 Å². The molecule has 1 heterocycles. The fourth-order valence-corrected chi connectivity index (χ4v) is 3.75. The van der Waals surface area contributed by atoms with Gasteiger partial charge in [-0.25, -0.2) is 4.98 Å². The highest BCUT2D eigenvalue weighted by Gasteiger charge is 2.16. The van der Waals surface area contributed by atoms with E-state index in [1.54, 1.807) is 11.3 Å². The van der Waals surface area contributed by atoms with E-state index in [4.69, 9.17) is 0 Å². The molecular formula is C17H21N3OS. The summed E-state index contributed by atoms with van der Waals surface area (Å²) in [7, 11) is 4.07. The summed E-state index contributed by atoms with van der Waals surface area (Å²) >= 11 is 1.62. The van der Waals surface area contributed by atoms with Crippen LogP contribution in [0.25, 0.3) is 0 Å². The molecule has 0 radical (unpaired) electrons. The third-order valence-electron chi connectivity index (χ3n) is 3.78. The molecular weight excluding hydrogens is 294 g/mol. The summed E-state index contributed by atoms with van der Waals surface area (Å²) in [5.41, 5.74) is 3.05. The van der Waals surface area contributed by atoms with Crippen molar-refractivity contribution < 1.29 is 4.79 Å². The number of rotatable bonds is 4. The highest BCUT2D eigenvalue weighted by atomic mass is 32.1. The lowest BCUT2D eigenvalue weighted by Gasteiger charge is -2.09. The number of fused-ring (bicyclic) bond motifs is 1. The lowest BCUT2D eigenvalue weighted by atomic mass is 10.0. The first-order valence-corrected chi connectivity index (χ1v) is 8.47. The van der Waals surface area contributed by atoms with Crippen LogP contribution in [0.2, 0.25) is 0 Å². The Balaban J connectivity index is 1.67. The topological polar surface area (TPSA) is 45.2 Å². The second-order valence-corrected chi connectivity index (χ2v) is 7.07. The van der Waals surface area contributed by atoms with Crippen molar-refractivity contribution in [1.29, 1.82) is 0 Å². The molecule has 0 atom stereocenters. The molecule has 0 unspecified atom stereocenters. The van der Waals surface area contributed by atoms with Gasteiger partial charge in [-0.3, -0.25) is 10.1 Å². The van der Waals surface area contributed by atoms with Crippen LogP contribution < -0.4 is 5.32 Å². The molecule has 3 rings (SSSR count). The van der Waals surface area contributed by atoms with E-state index in [1.165, 1.54) is 29.0 Å². The van der Waals surface area contributed by atoms with Gasteiger partial charge in [-0.2, -0.15) is 0 Å². The smallest absolute Gasteiger partial charge is 0.257 e. The van der Waals surface area contributed by atoms with E-state index in [-0.39, 0.29) is 5.91 Å². The molecule has 1 aliphatic carbocycles. The first-order chi connectivity index (χ1) is 10.6. The zero-order valence-electron chi connectivity index (χ0n) is 13.1. The number of nitrogens with zero attached hydrogens (tertiary/aromatic N) is 2. The molecule has 1 aliphatic rings. The Bertz CT molecular complexity index is 638. The van der Waals surface area contributed by atoms with Crippen molar-refractivity contribution in [3.63, 3.8) is 0 Å². The van der Waals surface area contributed by atoms with Gasteiger partial charge in [-0.05, 0) is 57.5 Å². The standard InChI is InChI=1S/C17H21N3OS/c1-20(2)11-12-7-9-13(10-8-12)16(21)19-17-18-14-5-3-4-6-15(14)22-17/h7-10H,3-6,11H2,1-2H3,(H,18,19,21). The van der Waals surface area contributed by atoms with Crippen molar-refractivity contribution in [2.75, 3.05) is 19.4 Å². The second kappa shape index (κ2) is 6.58. The molecule has 0 saturated carbocycles. The Labute approximate surface area is 135 Å². The lowest BCUT2D eigenvalue weighted by molar-refractivity contribution is 0.102. The lowest BCUT2D eigenvalue weighted by Crippen LogP contribution is -2.13. The van der Waals surface area contributed by atoms with Crippen molar-refractivity contribution in [3.8, 4) is 0 Å². The van der Waals surface area contributed by atoms with Gasteiger partial charge in [0.2, 0.25) is 0 Å².